The van der Waals surface area contributed by atoms with E-state index in [1.165, 1.54) is 36.4 Å². The molecule has 17 nitrogen and oxygen atoms in total. The Morgan fingerprint density at radius 3 is 2.14 bits per heavy atom. The summed E-state index contributed by atoms with van der Waals surface area (Å²) in [4.78, 5) is 81.5. The number of halogens is 4. The third-order valence-electron chi connectivity index (χ3n) is 8.72. The standard InChI is InChI=1S/C25H25F3N2O6.C12H14ClNO2.C3H8NO5P.C3H9S/c1-5-16-6-7-17(20(12-16)36-15(2)23(32)34-4)14-35-19-10-8-18(9-11-19)30-22(31)13-21(25(26,27)28)29(3)24(30)33;1-12(2)8-16-14(11(12)15)7-9-5-3-4-6-10(9)13;5-3(6)1-4-2-10(7,8)9;1-4(2)3/h6-13,15H,5,14H2,1-4H3;3-6H,7-8H2,1-2H3;4H,1-2H2,(H,5,6)(H2,7,8,9);1-3H3/q;;;+1/p-1. The number of aliphatic carboxylic acids is 1. The maximum atomic E-state index is 13.1. The molecule has 3 N–H and O–H groups in total. The molecule has 23 heteroatoms. The van der Waals surface area contributed by atoms with Crippen LogP contribution >= 0.6 is 19.2 Å². The smallest absolute Gasteiger partial charge is 0.431 e. The number of nitrogens with one attached hydrogen (secondary N) is 1. The van der Waals surface area contributed by atoms with E-state index in [1.54, 1.807) is 6.92 Å². The third-order valence-corrected chi connectivity index (χ3v) is 9.71. The van der Waals surface area contributed by atoms with Gasteiger partial charge in [0.2, 0.25) is 0 Å². The summed E-state index contributed by atoms with van der Waals surface area (Å²) < 4.78 is 66.4. The largest absolute Gasteiger partial charge is 0.778 e. The molecule has 1 fully saturated rings. The number of methoxy groups -OCH3 is 1. The van der Waals surface area contributed by atoms with Crippen molar-refractivity contribution in [3.63, 3.8) is 0 Å². The molecular formula is C43H55ClF3N4O13PS. The Bertz CT molecular complexity index is 2420. The van der Waals surface area contributed by atoms with Gasteiger partial charge in [0.15, 0.2) is 6.10 Å². The average molecular weight is 991 g/mol. The lowest BCUT2D eigenvalue weighted by molar-refractivity contribution is -0.193. The number of carbonyl (C=O) groups excluding carboxylic acids is 2. The predicted molar refractivity (Wildman–Crippen MR) is 242 cm³/mol. The van der Waals surface area contributed by atoms with E-state index in [0.717, 1.165) is 24.6 Å². The first-order valence-electron chi connectivity index (χ1n) is 19.7. The molecule has 2 heterocycles. The fourth-order valence-electron chi connectivity index (χ4n) is 5.34. The van der Waals surface area contributed by atoms with E-state index in [2.05, 4.69) is 18.8 Å². The molecule has 1 aliphatic heterocycles. The minimum atomic E-state index is -4.84. The number of hydroxylamine groups is 2. The molecule has 4 aromatic rings. The minimum absolute atomic E-state index is 0.00687. The fraction of sp³-hybridized carbons (Fsp3) is 0.419. The van der Waals surface area contributed by atoms with Gasteiger partial charge in [-0.1, -0.05) is 48.9 Å². The number of esters is 1. The number of hydrogen-bond acceptors (Lipinski definition) is 12. The molecule has 1 saturated heterocycles. The summed E-state index contributed by atoms with van der Waals surface area (Å²) >= 11 is 6.03. The molecule has 2 atom stereocenters. The van der Waals surface area contributed by atoms with Gasteiger partial charge in [-0.2, -0.15) is 13.2 Å². The van der Waals surface area contributed by atoms with Crippen molar-refractivity contribution in [2.45, 2.75) is 59.5 Å². The van der Waals surface area contributed by atoms with Crippen molar-refractivity contribution in [1.82, 2.24) is 19.5 Å². The molecule has 0 radical (unpaired) electrons. The van der Waals surface area contributed by atoms with Crippen LogP contribution in [0.4, 0.5) is 13.2 Å². The molecule has 0 bridgehead atoms. The van der Waals surface area contributed by atoms with E-state index in [1.807, 2.05) is 68.6 Å². The van der Waals surface area contributed by atoms with Crippen molar-refractivity contribution in [3.05, 3.63) is 121 Å². The average Bonchev–Trinajstić information content (AvgIpc) is 3.48. The van der Waals surface area contributed by atoms with Gasteiger partial charge in [0.25, 0.3) is 11.5 Å². The Morgan fingerprint density at radius 1 is 1.03 bits per heavy atom. The number of amides is 1. The van der Waals surface area contributed by atoms with Crippen LogP contribution < -0.4 is 30.9 Å². The molecule has 1 aliphatic rings. The van der Waals surface area contributed by atoms with Crippen LogP contribution in [0, 0.1) is 5.41 Å². The summed E-state index contributed by atoms with van der Waals surface area (Å²) in [6.45, 7) is 7.74. The lowest BCUT2D eigenvalue weighted by Gasteiger charge is -2.17. The van der Waals surface area contributed by atoms with Crippen molar-refractivity contribution in [3.8, 4) is 17.2 Å². The van der Waals surface area contributed by atoms with Gasteiger partial charge < -0.3 is 33.7 Å². The Kier molecular flexibility index (Phi) is 22.2. The summed E-state index contributed by atoms with van der Waals surface area (Å²) in [6.07, 6.45) is 0.967. The zero-order valence-corrected chi connectivity index (χ0v) is 40.3. The van der Waals surface area contributed by atoms with Crippen LogP contribution in [0.1, 0.15) is 50.1 Å². The molecule has 1 amide bonds. The number of hydrogen-bond donors (Lipinski definition) is 3. The van der Waals surface area contributed by atoms with Crippen molar-refractivity contribution < 1.29 is 66.1 Å². The number of benzene rings is 3. The number of carboxylic acid groups (broad SMARTS) is 1. The second-order valence-corrected chi connectivity index (χ2v) is 19.8. The van der Waals surface area contributed by atoms with Crippen molar-refractivity contribution in [1.29, 1.82) is 0 Å². The van der Waals surface area contributed by atoms with Crippen molar-refractivity contribution in [2.24, 2.45) is 12.5 Å². The molecular weight excluding hydrogens is 936 g/mol. The second-order valence-electron chi connectivity index (χ2n) is 15.3. The number of rotatable bonds is 14. The summed E-state index contributed by atoms with van der Waals surface area (Å²) in [5, 5.41) is 12.0. The van der Waals surface area contributed by atoms with Crippen LogP contribution in [0.3, 0.4) is 0 Å². The van der Waals surface area contributed by atoms with Gasteiger partial charge in [-0.15, -0.1) is 0 Å². The number of carboxylic acids is 1. The highest BCUT2D eigenvalue weighted by molar-refractivity contribution is 7.94. The first kappa shape index (κ1) is 57.0. The highest BCUT2D eigenvalue weighted by atomic mass is 35.5. The van der Waals surface area contributed by atoms with Gasteiger partial charge >= 0.3 is 23.8 Å². The van der Waals surface area contributed by atoms with Gasteiger partial charge in [0.1, 0.15) is 31.4 Å². The van der Waals surface area contributed by atoms with E-state index in [9.17, 15) is 46.6 Å². The highest BCUT2D eigenvalue weighted by Gasteiger charge is 2.40. The van der Waals surface area contributed by atoms with Crippen molar-refractivity contribution in [2.75, 3.05) is 45.3 Å². The lowest BCUT2D eigenvalue weighted by Crippen LogP contribution is -2.40. The SMILES string of the molecule is CC1(C)CON(Cc2ccccc2Cl)C1=O.CCc1ccc(COc2ccc(-n3c(=O)cc(C(F)(F)F)n(C)c3=O)cc2)c(OC(C)C(=O)OC)c1.C[S+](C)C.O=C(O)CNCP(=O)([O-])O. The van der Waals surface area contributed by atoms with Gasteiger partial charge in [-0.05, 0) is 85.6 Å². The number of alkyl halides is 3. The normalized spacial score (nSPS) is 14.3. The quantitative estimate of drug-likeness (QED) is 0.0865. The van der Waals surface area contributed by atoms with Gasteiger partial charge in [0.05, 0.1) is 63.0 Å². The number of carbonyl (C=O) groups is 3. The van der Waals surface area contributed by atoms with Gasteiger partial charge in [-0.25, -0.2) is 19.2 Å². The van der Waals surface area contributed by atoms with E-state index in [0.29, 0.717) is 61.3 Å². The molecule has 0 aliphatic carbocycles. The van der Waals surface area contributed by atoms with Crippen molar-refractivity contribution >= 4 is 47.9 Å². The fourth-order valence-corrected chi connectivity index (χ4v) is 5.93. The Balaban J connectivity index is 0.000000406. The van der Waals surface area contributed by atoms with Crippen LogP contribution in [0.5, 0.6) is 11.5 Å². The van der Waals surface area contributed by atoms with Crippen LogP contribution in [0.25, 0.3) is 5.69 Å². The lowest BCUT2D eigenvalue weighted by atomic mass is 9.95. The van der Waals surface area contributed by atoms with Gasteiger partial charge in [0, 0.05) is 23.7 Å². The molecule has 2 unspecified atom stereocenters. The van der Waals surface area contributed by atoms with Crippen LogP contribution in [0.2, 0.25) is 5.02 Å². The van der Waals surface area contributed by atoms with E-state index in [4.69, 9.17) is 40.6 Å². The summed E-state index contributed by atoms with van der Waals surface area (Å²) in [7, 11) is -1.49. The number of aromatic nitrogens is 2. The third kappa shape index (κ3) is 18.6. The van der Waals surface area contributed by atoms with E-state index in [-0.39, 0.29) is 18.2 Å². The Labute approximate surface area is 387 Å². The second kappa shape index (κ2) is 25.7. The summed E-state index contributed by atoms with van der Waals surface area (Å²) in [5.41, 5.74) is -1.33. The van der Waals surface area contributed by atoms with Crippen LogP contribution in [-0.4, -0.2) is 93.5 Å². The predicted octanol–water partition coefficient (Wildman–Crippen LogP) is 4.93. The first-order chi connectivity index (χ1) is 30.6. The first-order valence-corrected chi connectivity index (χ1v) is 24.3. The minimum Gasteiger partial charge on any atom is -0.778 e. The Hall–Kier alpha value is -5.15. The zero-order chi connectivity index (χ0) is 50.2. The summed E-state index contributed by atoms with van der Waals surface area (Å²) in [6, 6.07) is 19.1. The maximum absolute atomic E-state index is 13.1. The van der Waals surface area contributed by atoms with Crippen LogP contribution in [0.15, 0.2) is 82.4 Å². The molecule has 364 valence electrons. The zero-order valence-electron chi connectivity index (χ0n) is 37.8. The number of aryl methyl sites for hydroxylation is 1. The highest BCUT2D eigenvalue weighted by Crippen LogP contribution is 2.30. The van der Waals surface area contributed by atoms with Gasteiger partial charge in [-0.3, -0.25) is 29.1 Å². The molecule has 66 heavy (non-hydrogen) atoms. The maximum Gasteiger partial charge on any atom is 0.431 e. The monoisotopic (exact) mass is 990 g/mol. The molecule has 3 aromatic carbocycles. The topological polar surface area (TPSA) is 228 Å². The van der Waals surface area contributed by atoms with E-state index >= 15 is 0 Å². The summed E-state index contributed by atoms with van der Waals surface area (Å²) in [5.74, 6) is -0.851. The molecule has 5 rings (SSSR count). The number of nitrogens with zero attached hydrogens (tertiary/aromatic N) is 3. The van der Waals surface area contributed by atoms with Crippen LogP contribution in [-0.2, 0) is 72.2 Å². The Morgan fingerprint density at radius 2 is 1.64 bits per heavy atom. The van der Waals surface area contributed by atoms with E-state index < -0.39 is 67.0 Å². The molecule has 0 saturated carbocycles. The molecule has 0 spiro atoms. The molecule has 1 aromatic heterocycles. The number of ether oxygens (including phenoxy) is 3.